The highest BCUT2D eigenvalue weighted by molar-refractivity contribution is 6.01. The Bertz CT molecular complexity index is 931. The molecule has 1 aromatic heterocycles. The maximum absolute atomic E-state index is 13.1. The third kappa shape index (κ3) is 5.76. The van der Waals surface area contributed by atoms with E-state index in [9.17, 15) is 14.0 Å². The van der Waals surface area contributed by atoms with Crippen LogP contribution in [-0.2, 0) is 11.2 Å². The molecule has 174 valence electrons. The summed E-state index contributed by atoms with van der Waals surface area (Å²) in [4.78, 5) is 32.5. The van der Waals surface area contributed by atoms with Crippen molar-refractivity contribution in [3.05, 3.63) is 58.2 Å². The lowest BCUT2D eigenvalue weighted by atomic mass is 9.95. The molecule has 7 heteroatoms. The average molecular weight is 444 g/mol. The first-order chi connectivity index (χ1) is 15.3. The first-order valence-corrected chi connectivity index (χ1v) is 11.4. The zero-order chi connectivity index (χ0) is 23.3. The largest absolute Gasteiger partial charge is 0.461 e. The molecule has 1 fully saturated rings. The van der Waals surface area contributed by atoms with Gasteiger partial charge in [-0.3, -0.25) is 4.79 Å². The van der Waals surface area contributed by atoms with Crippen LogP contribution in [0.4, 0.5) is 4.39 Å². The topological polar surface area (TPSA) is 65.6 Å². The van der Waals surface area contributed by atoms with Crippen LogP contribution < -0.4 is 0 Å². The van der Waals surface area contributed by atoms with E-state index in [1.807, 2.05) is 26.1 Å². The molecule has 3 rings (SSSR count). The van der Waals surface area contributed by atoms with E-state index in [0.29, 0.717) is 41.6 Å². The number of aryl methyl sites for hydroxylation is 1. The molecule has 0 atom stereocenters. The highest BCUT2D eigenvalue weighted by atomic mass is 19.1. The molecule has 32 heavy (non-hydrogen) atoms. The van der Waals surface area contributed by atoms with Gasteiger partial charge in [-0.05, 0) is 82.3 Å². The highest BCUT2D eigenvalue weighted by Gasteiger charge is 2.27. The molecule has 1 N–H and O–H groups in total. The van der Waals surface area contributed by atoms with Crippen molar-refractivity contribution in [2.24, 2.45) is 5.92 Å². The minimum atomic E-state index is -0.428. The Kier molecular flexibility index (Phi) is 8.07. The molecule has 0 bridgehead atoms. The molecule has 2 heterocycles. The summed E-state index contributed by atoms with van der Waals surface area (Å²) in [6, 6.07) is 6.72. The standard InChI is InChI=1S/C25H34FN3O3/c1-5-32-25(31)23-17(2)22(18(3)27-23)24(30)28(4)16-20-11-14-29(15-12-20)13-10-19-6-8-21(26)9-7-19/h6-9,20,27H,5,10-16H2,1-4H3. The van der Waals surface area contributed by atoms with Crippen LogP contribution in [-0.4, -0.2) is 66.5 Å². The molecule has 2 aromatic rings. The van der Waals surface area contributed by atoms with Crippen molar-refractivity contribution in [2.45, 2.75) is 40.0 Å². The number of ether oxygens (including phenoxy) is 1. The van der Waals surface area contributed by atoms with Crippen molar-refractivity contribution in [2.75, 3.05) is 39.8 Å². The van der Waals surface area contributed by atoms with Crippen LogP contribution in [0.3, 0.4) is 0 Å². The number of benzene rings is 1. The number of carbonyl (C=O) groups excluding carboxylic acids is 2. The van der Waals surface area contributed by atoms with Crippen LogP contribution in [0, 0.1) is 25.6 Å². The van der Waals surface area contributed by atoms with Crippen molar-refractivity contribution >= 4 is 11.9 Å². The zero-order valence-corrected chi connectivity index (χ0v) is 19.5. The van der Waals surface area contributed by atoms with Crippen molar-refractivity contribution in [1.29, 1.82) is 0 Å². The van der Waals surface area contributed by atoms with Gasteiger partial charge in [0.1, 0.15) is 11.5 Å². The summed E-state index contributed by atoms with van der Waals surface area (Å²) in [6.07, 6.45) is 3.00. The highest BCUT2D eigenvalue weighted by Crippen LogP contribution is 2.23. The molecule has 1 aromatic carbocycles. The first kappa shape index (κ1) is 24.0. The summed E-state index contributed by atoms with van der Waals surface area (Å²) in [6.45, 7) is 9.33. The minimum Gasteiger partial charge on any atom is -0.461 e. The van der Waals surface area contributed by atoms with Gasteiger partial charge in [-0.1, -0.05) is 12.1 Å². The minimum absolute atomic E-state index is 0.0643. The fourth-order valence-electron chi connectivity index (χ4n) is 4.47. The summed E-state index contributed by atoms with van der Waals surface area (Å²) in [5.41, 5.74) is 3.41. The molecule has 0 aliphatic carbocycles. The third-order valence-corrected chi connectivity index (χ3v) is 6.35. The first-order valence-electron chi connectivity index (χ1n) is 11.4. The Morgan fingerprint density at radius 1 is 1.19 bits per heavy atom. The van der Waals surface area contributed by atoms with Crippen LogP contribution in [0.15, 0.2) is 24.3 Å². The van der Waals surface area contributed by atoms with Gasteiger partial charge in [0.25, 0.3) is 5.91 Å². The molecule has 0 saturated carbocycles. The average Bonchev–Trinajstić information content (AvgIpc) is 3.08. The number of nitrogens with zero attached hydrogens (tertiary/aromatic N) is 2. The predicted molar refractivity (Wildman–Crippen MR) is 122 cm³/mol. The molecule has 0 radical (unpaired) electrons. The zero-order valence-electron chi connectivity index (χ0n) is 19.5. The number of likely N-dealkylation sites (tertiary alicyclic amines) is 1. The Labute approximate surface area is 189 Å². The van der Waals surface area contributed by atoms with E-state index in [1.165, 1.54) is 12.1 Å². The maximum Gasteiger partial charge on any atom is 0.355 e. The lowest BCUT2D eigenvalue weighted by Gasteiger charge is -2.34. The van der Waals surface area contributed by atoms with Crippen LogP contribution in [0.1, 0.15) is 57.4 Å². The van der Waals surface area contributed by atoms with Gasteiger partial charge in [0, 0.05) is 25.8 Å². The lowest BCUT2D eigenvalue weighted by Crippen LogP contribution is -2.40. The number of aromatic nitrogens is 1. The van der Waals surface area contributed by atoms with Crippen molar-refractivity contribution in [1.82, 2.24) is 14.8 Å². The lowest BCUT2D eigenvalue weighted by molar-refractivity contribution is 0.0519. The Morgan fingerprint density at radius 3 is 2.47 bits per heavy atom. The number of rotatable bonds is 8. The van der Waals surface area contributed by atoms with Gasteiger partial charge in [0.2, 0.25) is 0 Å². The van der Waals surface area contributed by atoms with Gasteiger partial charge in [0.05, 0.1) is 12.2 Å². The van der Waals surface area contributed by atoms with Crippen LogP contribution in [0.2, 0.25) is 0 Å². The predicted octanol–water partition coefficient (Wildman–Crippen LogP) is 3.97. The molecular formula is C25H34FN3O3. The van der Waals surface area contributed by atoms with E-state index in [1.54, 1.807) is 18.7 Å². The number of nitrogens with one attached hydrogen (secondary N) is 1. The van der Waals surface area contributed by atoms with Gasteiger partial charge in [-0.25, -0.2) is 9.18 Å². The Balaban J connectivity index is 1.50. The van der Waals surface area contributed by atoms with Gasteiger partial charge in [-0.2, -0.15) is 0 Å². The number of halogens is 1. The summed E-state index contributed by atoms with van der Waals surface area (Å²) < 4.78 is 18.1. The van der Waals surface area contributed by atoms with Crippen molar-refractivity contribution < 1.29 is 18.7 Å². The smallest absolute Gasteiger partial charge is 0.355 e. The van der Waals surface area contributed by atoms with E-state index < -0.39 is 5.97 Å². The quantitative estimate of drug-likeness (QED) is 0.627. The molecular weight excluding hydrogens is 409 g/mol. The van der Waals surface area contributed by atoms with Crippen molar-refractivity contribution in [3.63, 3.8) is 0 Å². The molecule has 0 spiro atoms. The van der Waals surface area contributed by atoms with Crippen molar-refractivity contribution in [3.8, 4) is 0 Å². The second-order valence-corrected chi connectivity index (χ2v) is 8.69. The number of hydrogen-bond acceptors (Lipinski definition) is 4. The molecule has 1 aliphatic heterocycles. The summed E-state index contributed by atoms with van der Waals surface area (Å²) in [7, 11) is 1.83. The van der Waals surface area contributed by atoms with E-state index >= 15 is 0 Å². The fourth-order valence-corrected chi connectivity index (χ4v) is 4.47. The van der Waals surface area contributed by atoms with E-state index in [4.69, 9.17) is 4.74 Å². The normalized spacial score (nSPS) is 15.0. The number of carbonyl (C=O) groups is 2. The number of aromatic amines is 1. The molecule has 1 saturated heterocycles. The summed E-state index contributed by atoms with van der Waals surface area (Å²) in [5, 5.41) is 0. The number of H-pyrrole nitrogens is 1. The van der Waals surface area contributed by atoms with Crippen LogP contribution in [0.25, 0.3) is 0 Å². The fraction of sp³-hybridized carbons (Fsp3) is 0.520. The Morgan fingerprint density at radius 2 is 1.84 bits per heavy atom. The monoisotopic (exact) mass is 443 g/mol. The molecule has 1 amide bonds. The SMILES string of the molecule is CCOC(=O)c1[nH]c(C)c(C(=O)N(C)CC2CCN(CCc3ccc(F)cc3)CC2)c1C. The number of esters is 1. The van der Waals surface area contributed by atoms with E-state index in [0.717, 1.165) is 44.5 Å². The number of hydrogen-bond donors (Lipinski definition) is 1. The van der Waals surface area contributed by atoms with Gasteiger partial charge in [0.15, 0.2) is 0 Å². The van der Waals surface area contributed by atoms with E-state index in [2.05, 4.69) is 9.88 Å². The van der Waals surface area contributed by atoms with Gasteiger partial charge in [-0.15, -0.1) is 0 Å². The number of piperidine rings is 1. The summed E-state index contributed by atoms with van der Waals surface area (Å²) >= 11 is 0. The maximum atomic E-state index is 13.1. The van der Waals surface area contributed by atoms with Crippen LogP contribution >= 0.6 is 0 Å². The number of amides is 1. The van der Waals surface area contributed by atoms with Crippen LogP contribution in [0.5, 0.6) is 0 Å². The second-order valence-electron chi connectivity index (χ2n) is 8.69. The van der Waals surface area contributed by atoms with E-state index in [-0.39, 0.29) is 11.7 Å². The molecule has 0 unspecified atom stereocenters. The van der Waals surface area contributed by atoms with Gasteiger partial charge < -0.3 is 19.5 Å². The Hall–Kier alpha value is -2.67. The molecule has 1 aliphatic rings. The second kappa shape index (κ2) is 10.8. The summed E-state index contributed by atoms with van der Waals surface area (Å²) in [5.74, 6) is -0.237. The third-order valence-electron chi connectivity index (χ3n) is 6.35. The van der Waals surface area contributed by atoms with Gasteiger partial charge >= 0.3 is 5.97 Å². The molecule has 6 nitrogen and oxygen atoms in total.